The highest BCUT2D eigenvalue weighted by molar-refractivity contribution is 6.06. The average molecular weight is 381 g/mol. The summed E-state index contributed by atoms with van der Waals surface area (Å²) in [6.45, 7) is 0. The summed E-state index contributed by atoms with van der Waals surface area (Å²) in [5.41, 5.74) is 2.58. The van der Waals surface area contributed by atoms with Gasteiger partial charge in [0, 0.05) is 46.2 Å². The van der Waals surface area contributed by atoms with Gasteiger partial charge in [0.25, 0.3) is 11.5 Å². The number of hydrogen-bond donors (Lipinski definition) is 3. The summed E-state index contributed by atoms with van der Waals surface area (Å²) in [7, 11) is 0. The first-order valence-corrected chi connectivity index (χ1v) is 8.99. The van der Waals surface area contributed by atoms with E-state index in [1.54, 1.807) is 43.0 Å². The Kier molecular flexibility index (Phi) is 3.91. The predicted octanol–water partition coefficient (Wildman–Crippen LogP) is 3.72. The van der Waals surface area contributed by atoms with Crippen molar-refractivity contribution in [1.82, 2.24) is 20.2 Å². The van der Waals surface area contributed by atoms with Crippen molar-refractivity contribution in [1.29, 1.82) is 0 Å². The van der Waals surface area contributed by atoms with Crippen molar-refractivity contribution in [2.24, 2.45) is 0 Å². The lowest BCUT2D eigenvalue weighted by atomic mass is 10.0. The third kappa shape index (κ3) is 3.04. The van der Waals surface area contributed by atoms with E-state index in [-0.39, 0.29) is 5.56 Å². The van der Waals surface area contributed by atoms with E-state index in [9.17, 15) is 9.59 Å². The van der Waals surface area contributed by atoms with Crippen LogP contribution in [0.4, 0.5) is 5.69 Å². The number of hydrogen-bond acceptors (Lipinski definition) is 4. The van der Waals surface area contributed by atoms with Crippen molar-refractivity contribution in [3.63, 3.8) is 0 Å². The number of benzene rings is 2. The molecule has 0 aliphatic heterocycles. The minimum atomic E-state index is -0.482. The smallest absolute Gasteiger partial charge is 0.261 e. The molecule has 3 heterocycles. The average Bonchev–Trinajstić information content (AvgIpc) is 3.21. The molecule has 7 nitrogen and oxygen atoms in total. The maximum atomic E-state index is 12.8. The first-order valence-electron chi connectivity index (χ1n) is 8.99. The Bertz CT molecular complexity index is 1430. The zero-order valence-electron chi connectivity index (χ0n) is 15.1. The highest BCUT2D eigenvalue weighted by Crippen LogP contribution is 2.27. The van der Waals surface area contributed by atoms with Gasteiger partial charge in [-0.05, 0) is 29.7 Å². The van der Waals surface area contributed by atoms with E-state index in [0.717, 1.165) is 27.2 Å². The topological polar surface area (TPSA) is 104 Å². The number of H-pyrrole nitrogens is 2. The van der Waals surface area contributed by atoms with Gasteiger partial charge >= 0.3 is 0 Å². The summed E-state index contributed by atoms with van der Waals surface area (Å²) in [6, 6.07) is 14.8. The van der Waals surface area contributed by atoms with Crippen molar-refractivity contribution in [2.45, 2.75) is 0 Å². The molecule has 3 aromatic heterocycles. The first kappa shape index (κ1) is 16.9. The van der Waals surface area contributed by atoms with Crippen LogP contribution in [0.15, 0.2) is 78.1 Å². The fraction of sp³-hybridized carbons (Fsp3) is 0. The van der Waals surface area contributed by atoms with Gasteiger partial charge in [0.15, 0.2) is 0 Å². The molecule has 5 rings (SSSR count). The Balaban J connectivity index is 1.53. The van der Waals surface area contributed by atoms with E-state index in [1.807, 2.05) is 30.3 Å². The molecule has 0 radical (unpaired) electrons. The second-order valence-corrected chi connectivity index (χ2v) is 6.67. The standard InChI is InChI=1S/C22H15N5O2/c28-21-18(22(29)26-16-5-6-20-15(7-16)11-25-27-20)8-14(10-24-21)19-12-23-9-13-3-1-2-4-17(13)19/h1-12H,(H,24,28)(H,25,27)(H,26,29). The number of nitrogens with zero attached hydrogens (tertiary/aromatic N) is 2. The lowest BCUT2D eigenvalue weighted by Gasteiger charge is -2.09. The van der Waals surface area contributed by atoms with Crippen LogP contribution in [0, 0.1) is 0 Å². The van der Waals surface area contributed by atoms with E-state index >= 15 is 0 Å². The van der Waals surface area contributed by atoms with Crippen LogP contribution in [-0.4, -0.2) is 26.1 Å². The van der Waals surface area contributed by atoms with Gasteiger partial charge in [-0.25, -0.2) is 0 Å². The SMILES string of the molecule is O=C(Nc1ccc2[nH]ncc2c1)c1cc(-c2cncc3ccccc23)c[nH]c1=O. The molecule has 5 aromatic rings. The quantitative estimate of drug-likeness (QED) is 0.443. The summed E-state index contributed by atoms with van der Waals surface area (Å²) in [4.78, 5) is 32.0. The molecule has 0 saturated heterocycles. The second kappa shape index (κ2) is 6.72. The minimum Gasteiger partial charge on any atom is -0.328 e. The molecule has 0 bridgehead atoms. The van der Waals surface area contributed by atoms with Gasteiger partial charge in [0.2, 0.25) is 0 Å². The highest BCUT2D eigenvalue weighted by Gasteiger charge is 2.14. The second-order valence-electron chi connectivity index (χ2n) is 6.67. The van der Waals surface area contributed by atoms with Gasteiger partial charge in [-0.3, -0.25) is 19.7 Å². The van der Waals surface area contributed by atoms with Crippen LogP contribution >= 0.6 is 0 Å². The van der Waals surface area contributed by atoms with E-state index in [0.29, 0.717) is 11.3 Å². The highest BCUT2D eigenvalue weighted by atomic mass is 16.2. The number of rotatable bonds is 3. The largest absolute Gasteiger partial charge is 0.328 e. The first-order chi connectivity index (χ1) is 14.2. The van der Waals surface area contributed by atoms with Gasteiger partial charge in [-0.1, -0.05) is 24.3 Å². The number of pyridine rings is 2. The Hall–Kier alpha value is -4.26. The van der Waals surface area contributed by atoms with Gasteiger partial charge in [0.1, 0.15) is 5.56 Å². The molecular weight excluding hydrogens is 366 g/mol. The van der Waals surface area contributed by atoms with Crippen molar-refractivity contribution in [3.8, 4) is 11.1 Å². The third-order valence-electron chi connectivity index (χ3n) is 4.83. The van der Waals surface area contributed by atoms with Crippen molar-refractivity contribution >= 4 is 33.3 Å². The number of carbonyl (C=O) groups excluding carboxylic acids is 1. The van der Waals surface area contributed by atoms with Crippen LogP contribution in [0.3, 0.4) is 0 Å². The van der Waals surface area contributed by atoms with Crippen LogP contribution in [0.1, 0.15) is 10.4 Å². The van der Waals surface area contributed by atoms with E-state index in [4.69, 9.17) is 0 Å². The normalized spacial score (nSPS) is 11.0. The molecule has 7 heteroatoms. The van der Waals surface area contributed by atoms with Gasteiger partial charge < -0.3 is 10.3 Å². The molecule has 0 saturated carbocycles. The summed E-state index contributed by atoms with van der Waals surface area (Å²) in [6.07, 6.45) is 6.78. The monoisotopic (exact) mass is 381 g/mol. The number of aromatic amines is 2. The number of aromatic nitrogens is 4. The molecule has 29 heavy (non-hydrogen) atoms. The maximum absolute atomic E-state index is 12.8. The molecule has 3 N–H and O–H groups in total. The minimum absolute atomic E-state index is 0.0303. The Labute approximate surface area is 164 Å². The van der Waals surface area contributed by atoms with Crippen LogP contribution in [-0.2, 0) is 0 Å². The number of anilines is 1. The maximum Gasteiger partial charge on any atom is 0.261 e. The Morgan fingerprint density at radius 3 is 2.79 bits per heavy atom. The molecule has 140 valence electrons. The van der Waals surface area contributed by atoms with Crippen LogP contribution in [0.25, 0.3) is 32.8 Å². The molecule has 0 atom stereocenters. The summed E-state index contributed by atoms with van der Waals surface area (Å²) in [5.74, 6) is -0.482. The fourth-order valence-electron chi connectivity index (χ4n) is 3.37. The number of nitrogens with one attached hydrogen (secondary N) is 3. The zero-order chi connectivity index (χ0) is 19.8. The molecule has 0 fully saturated rings. The number of fused-ring (bicyclic) bond motifs is 2. The lowest BCUT2D eigenvalue weighted by molar-refractivity contribution is 0.102. The van der Waals surface area contributed by atoms with Crippen molar-refractivity contribution in [3.05, 3.63) is 89.2 Å². The molecule has 1 amide bonds. The van der Waals surface area contributed by atoms with E-state index < -0.39 is 11.5 Å². The molecule has 0 unspecified atom stereocenters. The third-order valence-corrected chi connectivity index (χ3v) is 4.83. The Morgan fingerprint density at radius 2 is 1.86 bits per heavy atom. The lowest BCUT2D eigenvalue weighted by Crippen LogP contribution is -2.23. The van der Waals surface area contributed by atoms with Gasteiger partial charge in [-0.15, -0.1) is 0 Å². The van der Waals surface area contributed by atoms with Crippen molar-refractivity contribution < 1.29 is 4.79 Å². The number of amides is 1. The summed E-state index contributed by atoms with van der Waals surface area (Å²) in [5, 5.41) is 12.4. The van der Waals surface area contributed by atoms with Crippen LogP contribution in [0.2, 0.25) is 0 Å². The van der Waals surface area contributed by atoms with E-state index in [2.05, 4.69) is 25.5 Å². The van der Waals surface area contributed by atoms with Crippen LogP contribution in [0.5, 0.6) is 0 Å². The zero-order valence-corrected chi connectivity index (χ0v) is 15.1. The van der Waals surface area contributed by atoms with Gasteiger partial charge in [0.05, 0.1) is 11.7 Å². The Morgan fingerprint density at radius 1 is 0.966 bits per heavy atom. The molecule has 0 aliphatic carbocycles. The summed E-state index contributed by atoms with van der Waals surface area (Å²) < 4.78 is 0. The van der Waals surface area contributed by atoms with Crippen molar-refractivity contribution in [2.75, 3.05) is 5.32 Å². The number of carbonyl (C=O) groups is 1. The summed E-state index contributed by atoms with van der Waals surface area (Å²) >= 11 is 0. The fourth-order valence-corrected chi connectivity index (χ4v) is 3.37. The molecule has 0 aliphatic rings. The molecule has 2 aromatic carbocycles. The molecular formula is C22H15N5O2. The van der Waals surface area contributed by atoms with E-state index in [1.165, 1.54) is 0 Å². The van der Waals surface area contributed by atoms with Gasteiger partial charge in [-0.2, -0.15) is 5.10 Å². The van der Waals surface area contributed by atoms with Crippen LogP contribution < -0.4 is 10.9 Å². The predicted molar refractivity (Wildman–Crippen MR) is 112 cm³/mol. The molecule has 0 spiro atoms.